The lowest BCUT2D eigenvalue weighted by atomic mass is 9.88. The number of ether oxygens (including phenoxy) is 2. The highest BCUT2D eigenvalue weighted by Gasteiger charge is 2.57. The van der Waals surface area contributed by atoms with E-state index in [0.717, 1.165) is 19.1 Å². The van der Waals surface area contributed by atoms with Gasteiger partial charge in [0.25, 0.3) is 0 Å². The molecule has 0 spiro atoms. The van der Waals surface area contributed by atoms with Crippen LogP contribution in [0.5, 0.6) is 5.75 Å². The van der Waals surface area contributed by atoms with Gasteiger partial charge in [0.15, 0.2) is 0 Å². The zero-order valence-electron chi connectivity index (χ0n) is 15.7. The summed E-state index contributed by atoms with van der Waals surface area (Å²) >= 11 is 0. The number of benzene rings is 1. The van der Waals surface area contributed by atoms with Crippen LogP contribution in [0.1, 0.15) is 13.3 Å². The molecule has 1 aromatic rings. The Labute approximate surface area is 169 Å². The molecule has 0 aromatic heterocycles. The number of nitrogens with one attached hydrogen (secondary N) is 1. The van der Waals surface area contributed by atoms with Crippen LogP contribution in [0.3, 0.4) is 0 Å². The molecule has 13 heteroatoms. The molecule has 166 valence electrons. The first-order chi connectivity index (χ1) is 14.0. The average Bonchev–Trinajstić information content (AvgIpc) is 2.68. The number of carbonyl (C=O) groups is 2. The van der Waals surface area contributed by atoms with Crippen molar-refractivity contribution in [3.05, 3.63) is 34.4 Å². The van der Waals surface area contributed by atoms with Gasteiger partial charge in [-0.1, -0.05) is 12.1 Å². The highest BCUT2D eigenvalue weighted by molar-refractivity contribution is 5.77. The zero-order valence-corrected chi connectivity index (χ0v) is 15.7. The standard InChI is InChI=1S/C17H22N2O11/c1-8(21)18-13-10(22)6-17(16(25)26,30-15(13)14(24)11(23)7-20)29-12-5-3-2-4-9(12)19(27)28/h2-5,10-11,13-15,20,22-24H,6-7H2,1H3,(H,18,21)(H,25,26)/t10-,11+,13+,14+,15+,17+/m0/s1. The Morgan fingerprint density at radius 1 is 1.40 bits per heavy atom. The summed E-state index contributed by atoms with van der Waals surface area (Å²) in [5, 5.41) is 63.0. The van der Waals surface area contributed by atoms with Gasteiger partial charge in [0, 0.05) is 13.0 Å². The van der Waals surface area contributed by atoms with E-state index < -0.39 is 77.5 Å². The second-order valence-electron chi connectivity index (χ2n) is 6.71. The molecule has 1 heterocycles. The molecule has 1 aromatic carbocycles. The number of aliphatic hydroxyl groups is 4. The summed E-state index contributed by atoms with van der Waals surface area (Å²) in [5.41, 5.74) is -0.576. The molecule has 1 saturated heterocycles. The fourth-order valence-electron chi connectivity index (χ4n) is 3.10. The van der Waals surface area contributed by atoms with Crippen LogP contribution < -0.4 is 10.1 Å². The normalized spacial score (nSPS) is 28.2. The number of hydrogen-bond acceptors (Lipinski definition) is 10. The molecule has 2 rings (SSSR count). The molecular weight excluding hydrogens is 408 g/mol. The minimum atomic E-state index is -2.71. The Morgan fingerprint density at radius 2 is 2.03 bits per heavy atom. The van der Waals surface area contributed by atoms with Crippen LogP contribution in [0, 0.1) is 10.1 Å². The number of nitrogens with zero attached hydrogens (tertiary/aromatic N) is 1. The van der Waals surface area contributed by atoms with Crippen molar-refractivity contribution < 1.29 is 49.5 Å². The molecule has 0 radical (unpaired) electrons. The molecule has 0 aliphatic carbocycles. The maximum absolute atomic E-state index is 12.0. The van der Waals surface area contributed by atoms with E-state index in [9.17, 15) is 40.1 Å². The second-order valence-corrected chi connectivity index (χ2v) is 6.71. The number of carboxylic acid groups (broad SMARTS) is 1. The third-order valence-electron chi connectivity index (χ3n) is 4.52. The molecule has 1 aliphatic rings. The summed E-state index contributed by atoms with van der Waals surface area (Å²) in [6, 6.07) is 3.48. The molecule has 0 bridgehead atoms. The first kappa shape index (κ1) is 23.4. The van der Waals surface area contributed by atoms with Crippen molar-refractivity contribution in [3.63, 3.8) is 0 Å². The molecule has 0 unspecified atom stereocenters. The number of nitro benzene ring substituents is 1. The number of para-hydroxylation sites is 2. The van der Waals surface area contributed by atoms with E-state index in [2.05, 4.69) is 5.32 Å². The maximum Gasteiger partial charge on any atom is 0.377 e. The molecule has 1 amide bonds. The van der Waals surface area contributed by atoms with E-state index >= 15 is 0 Å². The largest absolute Gasteiger partial charge is 0.476 e. The van der Waals surface area contributed by atoms with Gasteiger partial charge in [-0.05, 0) is 6.07 Å². The van der Waals surface area contributed by atoms with Crippen molar-refractivity contribution in [1.29, 1.82) is 0 Å². The van der Waals surface area contributed by atoms with Crippen LogP contribution in [0.4, 0.5) is 5.69 Å². The summed E-state index contributed by atoms with van der Waals surface area (Å²) in [6.45, 7) is 0.163. The first-order valence-corrected chi connectivity index (χ1v) is 8.78. The smallest absolute Gasteiger partial charge is 0.377 e. The van der Waals surface area contributed by atoms with Gasteiger partial charge in [-0.25, -0.2) is 4.79 Å². The van der Waals surface area contributed by atoms with E-state index in [1.807, 2.05) is 0 Å². The molecule has 6 atom stereocenters. The highest BCUT2D eigenvalue weighted by Crippen LogP contribution is 2.37. The molecule has 1 aliphatic heterocycles. The van der Waals surface area contributed by atoms with Gasteiger partial charge in [0.05, 0.1) is 30.1 Å². The zero-order chi connectivity index (χ0) is 22.6. The van der Waals surface area contributed by atoms with Gasteiger partial charge >= 0.3 is 17.4 Å². The van der Waals surface area contributed by atoms with E-state index in [1.54, 1.807) is 0 Å². The predicted octanol–water partition coefficient (Wildman–Crippen LogP) is -1.88. The first-order valence-electron chi connectivity index (χ1n) is 8.78. The van der Waals surface area contributed by atoms with Crippen molar-refractivity contribution in [2.75, 3.05) is 6.61 Å². The van der Waals surface area contributed by atoms with Gasteiger partial charge in [-0.15, -0.1) is 0 Å². The topological polar surface area (TPSA) is 209 Å². The summed E-state index contributed by atoms with van der Waals surface area (Å²) in [4.78, 5) is 33.9. The van der Waals surface area contributed by atoms with Gasteiger partial charge in [0.1, 0.15) is 18.3 Å². The summed E-state index contributed by atoms with van der Waals surface area (Å²) < 4.78 is 10.7. The average molecular weight is 430 g/mol. The Hall–Kier alpha value is -2.84. The molecule has 6 N–H and O–H groups in total. The Morgan fingerprint density at radius 3 is 2.57 bits per heavy atom. The van der Waals surface area contributed by atoms with Gasteiger partial charge in [-0.2, -0.15) is 0 Å². The number of carboxylic acids is 1. The summed E-state index contributed by atoms with van der Waals surface area (Å²) in [5.74, 6) is -5.62. The number of aliphatic hydroxyl groups excluding tert-OH is 4. The maximum atomic E-state index is 12.0. The van der Waals surface area contributed by atoms with Gasteiger partial charge < -0.3 is 40.3 Å². The number of amides is 1. The third kappa shape index (κ3) is 4.83. The van der Waals surface area contributed by atoms with Gasteiger partial charge in [0.2, 0.25) is 11.7 Å². The second kappa shape index (κ2) is 9.32. The van der Waals surface area contributed by atoms with Crippen molar-refractivity contribution in [3.8, 4) is 5.75 Å². The number of hydrogen-bond donors (Lipinski definition) is 6. The van der Waals surface area contributed by atoms with Crippen LogP contribution in [0.25, 0.3) is 0 Å². The number of aliphatic carboxylic acids is 1. The Kier molecular flexibility index (Phi) is 7.28. The fraction of sp³-hybridized carbons (Fsp3) is 0.529. The van der Waals surface area contributed by atoms with Gasteiger partial charge in [-0.3, -0.25) is 14.9 Å². The number of carbonyl (C=O) groups excluding carboxylic acids is 1. The van der Waals surface area contributed by atoms with Crippen LogP contribution in [0.2, 0.25) is 0 Å². The molecule has 13 nitrogen and oxygen atoms in total. The quantitative estimate of drug-likeness (QED) is 0.199. The number of rotatable bonds is 8. The van der Waals surface area contributed by atoms with Crippen LogP contribution in [-0.2, 0) is 14.3 Å². The lowest BCUT2D eigenvalue weighted by Gasteiger charge is -2.46. The van der Waals surface area contributed by atoms with Crippen molar-refractivity contribution in [2.45, 2.75) is 49.6 Å². The number of nitro groups is 1. The summed E-state index contributed by atoms with van der Waals surface area (Å²) in [7, 11) is 0. The lowest BCUT2D eigenvalue weighted by Crippen LogP contribution is -2.68. The fourth-order valence-corrected chi connectivity index (χ4v) is 3.10. The molecule has 30 heavy (non-hydrogen) atoms. The minimum absolute atomic E-state index is 0.481. The Balaban J connectivity index is 2.49. The molecule has 1 fully saturated rings. The third-order valence-corrected chi connectivity index (χ3v) is 4.52. The minimum Gasteiger partial charge on any atom is -0.476 e. The van der Waals surface area contributed by atoms with Crippen molar-refractivity contribution in [1.82, 2.24) is 5.32 Å². The van der Waals surface area contributed by atoms with Crippen LogP contribution in [0.15, 0.2) is 24.3 Å². The van der Waals surface area contributed by atoms with E-state index in [4.69, 9.17) is 14.6 Å². The van der Waals surface area contributed by atoms with E-state index in [0.29, 0.717) is 0 Å². The monoisotopic (exact) mass is 430 g/mol. The molecule has 0 saturated carbocycles. The van der Waals surface area contributed by atoms with Crippen LogP contribution in [-0.4, -0.2) is 85.2 Å². The Bertz CT molecular complexity index is 804. The highest BCUT2D eigenvalue weighted by atomic mass is 16.7. The van der Waals surface area contributed by atoms with Crippen molar-refractivity contribution in [2.24, 2.45) is 0 Å². The van der Waals surface area contributed by atoms with E-state index in [-0.39, 0.29) is 0 Å². The van der Waals surface area contributed by atoms with E-state index in [1.165, 1.54) is 12.1 Å². The predicted molar refractivity (Wildman–Crippen MR) is 96.3 cm³/mol. The lowest BCUT2D eigenvalue weighted by molar-refractivity contribution is -0.387. The SMILES string of the molecule is CC(=O)N[C@H]1[C@H]([C@H](O)[C@H](O)CO)O[C@@](Oc2ccccc2[N+](=O)[O-])(C(=O)O)C[C@@H]1O. The van der Waals surface area contributed by atoms with Crippen molar-refractivity contribution >= 4 is 17.6 Å². The summed E-state index contributed by atoms with van der Waals surface area (Å²) in [6.07, 6.45) is -7.95. The molecular formula is C17H22N2O11. The van der Waals surface area contributed by atoms with Crippen LogP contribution >= 0.6 is 0 Å².